The molecule has 1 atom stereocenters. The number of hydrogen-bond acceptors (Lipinski definition) is 3. The maximum Gasteiger partial charge on any atom is 0.256 e. The number of allylic oxidation sites excluding steroid dienone is 1. The van der Waals surface area contributed by atoms with Crippen molar-refractivity contribution in [3.8, 4) is 6.07 Å². The van der Waals surface area contributed by atoms with Crippen LogP contribution in [-0.4, -0.2) is 11.7 Å². The van der Waals surface area contributed by atoms with E-state index in [-0.39, 0.29) is 11.7 Å². The molecule has 120 valence electrons. The lowest BCUT2D eigenvalue weighted by molar-refractivity contribution is -0.119. The van der Waals surface area contributed by atoms with E-state index in [9.17, 15) is 14.9 Å². The Balaban J connectivity index is 2.05. The van der Waals surface area contributed by atoms with Gasteiger partial charge in [0.05, 0.1) is 22.9 Å². The molecule has 1 aliphatic heterocycles. The third-order valence-corrected chi connectivity index (χ3v) is 4.75. The third-order valence-electron chi connectivity index (χ3n) is 4.75. The average molecular weight is 326 g/mol. The van der Waals surface area contributed by atoms with Gasteiger partial charge >= 0.3 is 0 Å². The van der Waals surface area contributed by atoms with Crippen molar-refractivity contribution in [2.45, 2.75) is 6.92 Å². The van der Waals surface area contributed by atoms with Crippen LogP contribution in [0.15, 0.2) is 71.8 Å². The molecule has 2 aliphatic rings. The number of ketones is 1. The molecule has 2 aromatic rings. The second-order valence-electron chi connectivity index (χ2n) is 6.25. The van der Waals surface area contributed by atoms with Crippen LogP contribution in [0.3, 0.4) is 0 Å². The number of carbonyl (C=O) groups is 2. The molecule has 0 fully saturated rings. The Bertz CT molecular complexity index is 1010. The van der Waals surface area contributed by atoms with Gasteiger partial charge in [-0.2, -0.15) is 5.26 Å². The number of carbonyl (C=O) groups excluding carboxylic acids is 2. The van der Waals surface area contributed by atoms with Crippen LogP contribution in [0.2, 0.25) is 0 Å². The number of nitrogens with one attached hydrogen (secondary N) is 1. The molecule has 4 nitrogen and oxygen atoms in total. The molecule has 4 heteroatoms. The van der Waals surface area contributed by atoms with E-state index in [0.717, 1.165) is 11.1 Å². The Hall–Kier alpha value is -3.45. The lowest BCUT2D eigenvalue weighted by atomic mass is 9.79. The molecule has 1 N–H and O–H groups in total. The maximum absolute atomic E-state index is 13.1. The normalized spacial score (nSPS) is 22.1. The first-order valence-corrected chi connectivity index (χ1v) is 7.95. The van der Waals surface area contributed by atoms with Crippen LogP contribution < -0.4 is 5.32 Å². The minimum atomic E-state index is -1.37. The fourth-order valence-corrected chi connectivity index (χ4v) is 3.52. The summed E-state index contributed by atoms with van der Waals surface area (Å²) in [6, 6.07) is 20.5. The summed E-state index contributed by atoms with van der Waals surface area (Å²) in [5.74, 6) is -0.666. The molecule has 1 amide bonds. The predicted octanol–water partition coefficient (Wildman–Crippen LogP) is 3.09. The van der Waals surface area contributed by atoms with Crippen molar-refractivity contribution < 1.29 is 9.59 Å². The van der Waals surface area contributed by atoms with E-state index >= 15 is 0 Å². The largest absolute Gasteiger partial charge is 0.321 e. The minimum absolute atomic E-state index is 0.319. The highest BCUT2D eigenvalue weighted by Gasteiger charge is 2.54. The number of benzene rings is 2. The fourth-order valence-electron chi connectivity index (χ4n) is 3.52. The van der Waals surface area contributed by atoms with Gasteiger partial charge in [-0.05, 0) is 18.1 Å². The van der Waals surface area contributed by atoms with Gasteiger partial charge in [-0.15, -0.1) is 0 Å². The van der Waals surface area contributed by atoms with E-state index in [0.29, 0.717) is 22.4 Å². The minimum Gasteiger partial charge on any atom is -0.321 e. The molecule has 0 aromatic heterocycles. The van der Waals surface area contributed by atoms with Crippen LogP contribution in [0, 0.1) is 16.7 Å². The molecule has 0 saturated carbocycles. The summed E-state index contributed by atoms with van der Waals surface area (Å²) in [5, 5.41) is 12.6. The van der Waals surface area contributed by atoms with Gasteiger partial charge in [0.1, 0.15) is 5.41 Å². The second-order valence-corrected chi connectivity index (χ2v) is 6.25. The Morgan fingerprint density at radius 1 is 0.880 bits per heavy atom. The maximum atomic E-state index is 13.1. The van der Waals surface area contributed by atoms with Gasteiger partial charge in [-0.1, -0.05) is 60.7 Å². The summed E-state index contributed by atoms with van der Waals surface area (Å²) in [7, 11) is 0. The number of amides is 1. The number of Topliss-reactive ketones (excluding diaryl/α,β-unsaturated/α-hetero) is 1. The summed E-state index contributed by atoms with van der Waals surface area (Å²) >= 11 is 0. The predicted molar refractivity (Wildman–Crippen MR) is 93.6 cm³/mol. The zero-order valence-electron chi connectivity index (χ0n) is 13.5. The number of fused-ring (bicyclic) bond motifs is 1. The van der Waals surface area contributed by atoms with Gasteiger partial charge < -0.3 is 5.32 Å². The highest BCUT2D eigenvalue weighted by atomic mass is 16.2. The summed E-state index contributed by atoms with van der Waals surface area (Å²) in [6.45, 7) is 1.59. The standard InChI is InChI=1S/C21H14N2O2/c1-21(12-22)17(13-8-4-2-5-9-13)15-16(19(21)24)18(23-20(15)25)14-10-6-3-7-11-14/h2-11H,1H3,(H,23,25). The zero-order valence-corrected chi connectivity index (χ0v) is 13.5. The lowest BCUT2D eigenvalue weighted by Crippen LogP contribution is -2.26. The number of nitriles is 1. The van der Waals surface area contributed by atoms with E-state index in [1.54, 1.807) is 6.92 Å². The SMILES string of the molecule is CC1(C#N)C(=O)C2=C(c3ccccc3)NC(=O)C2=C1c1ccccc1. The van der Waals surface area contributed by atoms with Crippen LogP contribution in [-0.2, 0) is 9.59 Å². The molecule has 1 aliphatic carbocycles. The molecule has 4 rings (SSSR count). The average Bonchev–Trinajstić information content (AvgIpc) is 3.10. The highest BCUT2D eigenvalue weighted by molar-refractivity contribution is 6.34. The Labute approximate surface area is 145 Å². The monoisotopic (exact) mass is 326 g/mol. The van der Waals surface area contributed by atoms with Crippen molar-refractivity contribution in [3.63, 3.8) is 0 Å². The van der Waals surface area contributed by atoms with Gasteiger partial charge in [0.2, 0.25) is 0 Å². The molecular formula is C21H14N2O2. The quantitative estimate of drug-likeness (QED) is 0.922. The summed E-state index contributed by atoms with van der Waals surface area (Å²) in [5.41, 5.74) is 1.71. The van der Waals surface area contributed by atoms with Crippen molar-refractivity contribution in [1.29, 1.82) is 5.26 Å². The highest BCUT2D eigenvalue weighted by Crippen LogP contribution is 2.51. The Morgan fingerprint density at radius 3 is 2.00 bits per heavy atom. The van der Waals surface area contributed by atoms with Crippen molar-refractivity contribution in [1.82, 2.24) is 5.32 Å². The van der Waals surface area contributed by atoms with E-state index < -0.39 is 5.41 Å². The van der Waals surface area contributed by atoms with Gasteiger partial charge in [0.25, 0.3) is 5.91 Å². The first kappa shape index (κ1) is 15.1. The lowest BCUT2D eigenvalue weighted by Gasteiger charge is -2.19. The second kappa shape index (κ2) is 5.29. The van der Waals surface area contributed by atoms with Gasteiger partial charge in [-0.3, -0.25) is 9.59 Å². The molecule has 1 heterocycles. The number of hydrogen-bond donors (Lipinski definition) is 1. The van der Waals surface area contributed by atoms with Crippen LogP contribution in [0.1, 0.15) is 18.1 Å². The molecular weight excluding hydrogens is 312 g/mol. The Kier molecular flexibility index (Phi) is 3.19. The van der Waals surface area contributed by atoms with E-state index in [2.05, 4.69) is 11.4 Å². The van der Waals surface area contributed by atoms with Gasteiger partial charge in [0.15, 0.2) is 5.78 Å². The molecule has 25 heavy (non-hydrogen) atoms. The van der Waals surface area contributed by atoms with Crippen molar-refractivity contribution in [3.05, 3.63) is 82.9 Å². The number of rotatable bonds is 2. The zero-order chi connectivity index (χ0) is 17.6. The Morgan fingerprint density at radius 2 is 1.44 bits per heavy atom. The van der Waals surface area contributed by atoms with E-state index in [1.807, 2.05) is 60.7 Å². The van der Waals surface area contributed by atoms with Crippen molar-refractivity contribution >= 4 is 23.0 Å². The first-order valence-electron chi connectivity index (χ1n) is 7.95. The summed E-state index contributed by atoms with van der Waals surface area (Å²) in [4.78, 5) is 25.8. The van der Waals surface area contributed by atoms with Crippen LogP contribution >= 0.6 is 0 Å². The summed E-state index contributed by atoms with van der Waals surface area (Å²) in [6.07, 6.45) is 0. The molecule has 0 spiro atoms. The smallest absolute Gasteiger partial charge is 0.256 e. The molecule has 0 radical (unpaired) electrons. The molecule has 1 unspecified atom stereocenters. The first-order chi connectivity index (χ1) is 12.1. The topological polar surface area (TPSA) is 70.0 Å². The molecule has 2 aromatic carbocycles. The molecule has 0 bridgehead atoms. The third kappa shape index (κ3) is 1.99. The molecule has 0 saturated heterocycles. The number of nitrogens with zero attached hydrogens (tertiary/aromatic N) is 1. The fraction of sp³-hybridized carbons (Fsp3) is 0.0952. The van der Waals surface area contributed by atoms with E-state index in [1.165, 1.54) is 0 Å². The van der Waals surface area contributed by atoms with Crippen molar-refractivity contribution in [2.24, 2.45) is 5.41 Å². The summed E-state index contributed by atoms with van der Waals surface area (Å²) < 4.78 is 0. The van der Waals surface area contributed by atoms with E-state index in [4.69, 9.17) is 0 Å². The van der Waals surface area contributed by atoms with Crippen LogP contribution in [0.25, 0.3) is 11.3 Å². The van der Waals surface area contributed by atoms with Gasteiger partial charge in [-0.25, -0.2) is 0 Å². The van der Waals surface area contributed by atoms with Crippen LogP contribution in [0.4, 0.5) is 0 Å². The van der Waals surface area contributed by atoms with Crippen LogP contribution in [0.5, 0.6) is 0 Å². The van der Waals surface area contributed by atoms with Crippen molar-refractivity contribution in [2.75, 3.05) is 0 Å². The van der Waals surface area contributed by atoms with Gasteiger partial charge in [0, 0.05) is 5.57 Å².